The fourth-order valence-electron chi connectivity index (χ4n) is 1.13. The lowest BCUT2D eigenvalue weighted by atomic mass is 10.1. The van der Waals surface area contributed by atoms with Gasteiger partial charge in [0.25, 0.3) is 0 Å². The molecule has 0 saturated carbocycles. The summed E-state index contributed by atoms with van der Waals surface area (Å²) in [7, 11) is 0. The second-order valence-electron chi connectivity index (χ2n) is 2.97. The molecule has 0 aliphatic carbocycles. The fourth-order valence-corrected chi connectivity index (χ4v) is 1.61. The number of benzene rings is 1. The van der Waals surface area contributed by atoms with Gasteiger partial charge in [-0.2, -0.15) is 13.2 Å². The summed E-state index contributed by atoms with van der Waals surface area (Å²) < 4.78 is 56.5. The first kappa shape index (κ1) is 12.2. The van der Waals surface area contributed by atoms with Gasteiger partial charge in [0.2, 0.25) is 0 Å². The van der Waals surface area contributed by atoms with Crippen LogP contribution in [0, 0.1) is 0 Å². The van der Waals surface area contributed by atoms with Gasteiger partial charge in [-0.1, -0.05) is 6.92 Å². The van der Waals surface area contributed by atoms with Gasteiger partial charge in [-0.05, 0) is 30.2 Å². The molecule has 0 heterocycles. The summed E-state index contributed by atoms with van der Waals surface area (Å²) in [5.74, 6) is 0. The summed E-state index contributed by atoms with van der Waals surface area (Å²) in [5.41, 5.74) is -0.499. The second kappa shape index (κ2) is 4.32. The molecule has 1 atom stereocenters. The molecule has 0 aliphatic heterocycles. The molecule has 15 heavy (non-hydrogen) atoms. The van der Waals surface area contributed by atoms with Gasteiger partial charge < -0.3 is 4.55 Å². The first-order valence-electron chi connectivity index (χ1n) is 4.16. The molecule has 0 aromatic heterocycles. The highest BCUT2D eigenvalue weighted by Gasteiger charge is 2.31. The van der Waals surface area contributed by atoms with Crippen LogP contribution < -0.4 is 0 Å². The molecule has 0 fully saturated rings. The predicted molar refractivity (Wildman–Crippen MR) is 49.9 cm³/mol. The normalized spacial score (nSPS) is 13.9. The van der Waals surface area contributed by atoms with Crippen LogP contribution >= 0.6 is 0 Å². The fraction of sp³-hybridized carbons (Fsp3) is 0.333. The van der Waals surface area contributed by atoms with Crippen LogP contribution in [0.2, 0.25) is 0 Å². The molecule has 0 spiro atoms. The number of hydrogen-bond acceptors (Lipinski definition) is 1. The van der Waals surface area contributed by atoms with E-state index >= 15 is 0 Å². The van der Waals surface area contributed by atoms with Crippen molar-refractivity contribution in [1.29, 1.82) is 0 Å². The largest absolute Gasteiger partial charge is 0.416 e. The number of alkyl halides is 3. The number of halogens is 3. The van der Waals surface area contributed by atoms with E-state index in [1.807, 2.05) is 0 Å². The van der Waals surface area contributed by atoms with Crippen molar-refractivity contribution in [2.24, 2.45) is 0 Å². The minimum atomic E-state index is -4.49. The SMILES string of the molecule is CCc1cc(S(=O)O)cc(C(F)(F)F)c1. The maximum absolute atomic E-state index is 12.4. The smallest absolute Gasteiger partial charge is 0.302 e. The molecular formula is C9H9F3O2S. The summed E-state index contributed by atoms with van der Waals surface area (Å²) in [4.78, 5) is -0.221. The molecule has 1 aromatic rings. The van der Waals surface area contributed by atoms with Crippen molar-refractivity contribution in [3.8, 4) is 0 Å². The summed E-state index contributed by atoms with van der Waals surface area (Å²) in [6.45, 7) is 1.68. The van der Waals surface area contributed by atoms with Crippen LogP contribution in [0.25, 0.3) is 0 Å². The van der Waals surface area contributed by atoms with Gasteiger partial charge >= 0.3 is 6.18 Å². The van der Waals surface area contributed by atoms with Gasteiger partial charge in [0.05, 0.1) is 10.5 Å². The van der Waals surface area contributed by atoms with Crippen LogP contribution in [0.5, 0.6) is 0 Å². The average Bonchev–Trinajstić information content (AvgIpc) is 2.15. The van der Waals surface area contributed by atoms with Crippen LogP contribution in [-0.4, -0.2) is 8.76 Å². The van der Waals surface area contributed by atoms with Crippen molar-refractivity contribution in [2.75, 3.05) is 0 Å². The Morgan fingerprint density at radius 1 is 1.33 bits per heavy atom. The molecule has 1 N–H and O–H groups in total. The van der Waals surface area contributed by atoms with Gasteiger partial charge in [0.15, 0.2) is 11.1 Å². The Kier molecular flexibility index (Phi) is 3.51. The van der Waals surface area contributed by atoms with Crippen LogP contribution in [0.4, 0.5) is 13.2 Å². The monoisotopic (exact) mass is 238 g/mol. The molecule has 1 rings (SSSR count). The number of hydrogen-bond donors (Lipinski definition) is 1. The van der Waals surface area contributed by atoms with E-state index < -0.39 is 22.8 Å². The molecular weight excluding hydrogens is 229 g/mol. The lowest BCUT2D eigenvalue weighted by molar-refractivity contribution is -0.137. The summed E-state index contributed by atoms with van der Waals surface area (Å²) in [6, 6.07) is 2.97. The van der Waals surface area contributed by atoms with E-state index in [-0.39, 0.29) is 4.90 Å². The Hall–Kier alpha value is -0.880. The molecule has 1 unspecified atom stereocenters. The molecule has 0 bridgehead atoms. The van der Waals surface area contributed by atoms with Crippen molar-refractivity contribution >= 4 is 11.1 Å². The quantitative estimate of drug-likeness (QED) is 0.804. The summed E-state index contributed by atoms with van der Waals surface area (Å²) in [5, 5.41) is 0. The summed E-state index contributed by atoms with van der Waals surface area (Å²) in [6.07, 6.45) is -4.10. The van der Waals surface area contributed by atoms with Crippen LogP contribution in [-0.2, 0) is 23.7 Å². The summed E-state index contributed by atoms with van der Waals surface area (Å²) >= 11 is -2.39. The Balaban J connectivity index is 3.30. The zero-order valence-electron chi connectivity index (χ0n) is 7.84. The Labute approximate surface area is 87.4 Å². The molecule has 0 amide bonds. The average molecular weight is 238 g/mol. The molecule has 0 radical (unpaired) electrons. The minimum Gasteiger partial charge on any atom is -0.302 e. The van der Waals surface area contributed by atoms with E-state index in [0.29, 0.717) is 18.1 Å². The maximum atomic E-state index is 12.4. The molecule has 0 saturated heterocycles. The van der Waals surface area contributed by atoms with Crippen molar-refractivity contribution in [2.45, 2.75) is 24.4 Å². The zero-order valence-corrected chi connectivity index (χ0v) is 8.65. The lowest BCUT2D eigenvalue weighted by Crippen LogP contribution is -2.07. The molecule has 1 aromatic carbocycles. The lowest BCUT2D eigenvalue weighted by Gasteiger charge is -2.09. The van der Waals surface area contributed by atoms with Crippen LogP contribution in [0.3, 0.4) is 0 Å². The first-order chi connectivity index (χ1) is 6.84. The van der Waals surface area contributed by atoms with E-state index in [1.54, 1.807) is 6.92 Å². The van der Waals surface area contributed by atoms with Crippen molar-refractivity contribution in [1.82, 2.24) is 0 Å². The Morgan fingerprint density at radius 2 is 1.93 bits per heavy atom. The number of rotatable bonds is 2. The first-order valence-corrected chi connectivity index (χ1v) is 5.27. The van der Waals surface area contributed by atoms with Crippen molar-refractivity contribution in [3.63, 3.8) is 0 Å². The highest BCUT2D eigenvalue weighted by molar-refractivity contribution is 7.79. The standard InChI is InChI=1S/C9H9F3O2S/c1-2-6-3-7(9(10,11)12)5-8(4-6)15(13)14/h3-5H,2H2,1H3,(H,13,14). The molecule has 2 nitrogen and oxygen atoms in total. The molecule has 84 valence electrons. The van der Waals surface area contributed by atoms with Crippen molar-refractivity contribution in [3.05, 3.63) is 29.3 Å². The highest BCUT2D eigenvalue weighted by Crippen LogP contribution is 2.31. The van der Waals surface area contributed by atoms with Gasteiger partial charge in [0, 0.05) is 0 Å². The highest BCUT2D eigenvalue weighted by atomic mass is 32.2. The van der Waals surface area contributed by atoms with E-state index in [2.05, 4.69) is 0 Å². The van der Waals surface area contributed by atoms with Gasteiger partial charge in [-0.25, -0.2) is 4.21 Å². The molecule has 6 heteroatoms. The Morgan fingerprint density at radius 3 is 2.33 bits per heavy atom. The van der Waals surface area contributed by atoms with E-state index in [9.17, 15) is 17.4 Å². The maximum Gasteiger partial charge on any atom is 0.416 e. The van der Waals surface area contributed by atoms with Crippen LogP contribution in [0.15, 0.2) is 23.1 Å². The second-order valence-corrected chi connectivity index (χ2v) is 3.94. The minimum absolute atomic E-state index is 0.221. The zero-order chi connectivity index (χ0) is 11.6. The third-order valence-electron chi connectivity index (χ3n) is 1.90. The van der Waals surface area contributed by atoms with Gasteiger partial charge in [-0.3, -0.25) is 0 Å². The predicted octanol–water partition coefficient (Wildman–Crippen LogP) is 2.85. The third-order valence-corrected chi connectivity index (χ3v) is 2.54. The van der Waals surface area contributed by atoms with Crippen molar-refractivity contribution < 1.29 is 21.9 Å². The topological polar surface area (TPSA) is 37.3 Å². The van der Waals surface area contributed by atoms with Crippen LogP contribution in [0.1, 0.15) is 18.1 Å². The number of aryl methyl sites for hydroxylation is 1. The Bertz CT molecular complexity index is 387. The van der Waals surface area contributed by atoms with Gasteiger partial charge in [0.1, 0.15) is 0 Å². The van der Waals surface area contributed by atoms with Gasteiger partial charge in [-0.15, -0.1) is 0 Å². The third kappa shape index (κ3) is 3.04. The van der Waals surface area contributed by atoms with E-state index in [0.717, 1.165) is 6.07 Å². The van der Waals surface area contributed by atoms with E-state index in [1.165, 1.54) is 6.07 Å². The molecule has 0 aliphatic rings. The van der Waals surface area contributed by atoms with E-state index in [4.69, 9.17) is 4.55 Å².